The van der Waals surface area contributed by atoms with Crippen molar-refractivity contribution in [2.45, 2.75) is 38.7 Å². The van der Waals surface area contributed by atoms with Crippen molar-refractivity contribution in [2.75, 3.05) is 37.7 Å². The van der Waals surface area contributed by atoms with Gasteiger partial charge < -0.3 is 19.6 Å². The number of hydrogen-bond donors (Lipinski definition) is 1. The number of amides is 1. The van der Waals surface area contributed by atoms with Crippen molar-refractivity contribution in [1.82, 2.24) is 14.9 Å². The maximum atomic E-state index is 13.3. The Hall–Kier alpha value is -2.74. The van der Waals surface area contributed by atoms with E-state index in [0.29, 0.717) is 32.1 Å². The molecule has 1 aromatic carbocycles. The first-order valence-corrected chi connectivity index (χ1v) is 10.0. The smallest absolute Gasteiger partial charge is 0.410 e. The van der Waals surface area contributed by atoms with Gasteiger partial charge in [0, 0.05) is 49.6 Å². The van der Waals surface area contributed by atoms with Crippen molar-refractivity contribution in [3.05, 3.63) is 53.6 Å². The van der Waals surface area contributed by atoms with Crippen molar-refractivity contribution in [2.24, 2.45) is 0 Å². The number of carbonyl (C=O) groups is 1. The highest BCUT2D eigenvalue weighted by atomic mass is 19.1. The molecule has 1 N–H and O–H groups in total. The van der Waals surface area contributed by atoms with Gasteiger partial charge in [-0.25, -0.2) is 19.2 Å². The van der Waals surface area contributed by atoms with Gasteiger partial charge in [0.2, 0.25) is 5.95 Å². The largest absolute Gasteiger partial charge is 0.444 e. The number of aromatic nitrogens is 2. The van der Waals surface area contributed by atoms with Crippen LogP contribution in [0.4, 0.5) is 15.1 Å². The van der Waals surface area contributed by atoms with Crippen molar-refractivity contribution in [3.8, 4) is 0 Å². The molecule has 1 aliphatic rings. The van der Waals surface area contributed by atoms with Crippen LogP contribution in [-0.2, 0) is 10.2 Å². The summed E-state index contributed by atoms with van der Waals surface area (Å²) < 4.78 is 18.7. The zero-order valence-corrected chi connectivity index (χ0v) is 17.9. The first-order valence-electron chi connectivity index (χ1n) is 10.0. The number of halogens is 1. The van der Waals surface area contributed by atoms with Crippen LogP contribution in [0.25, 0.3) is 0 Å². The number of anilines is 1. The number of benzene rings is 1. The number of ether oxygens (including phenoxy) is 1. The summed E-state index contributed by atoms with van der Waals surface area (Å²) in [5.41, 5.74) is 0.278. The summed E-state index contributed by atoms with van der Waals surface area (Å²) in [7, 11) is 0. The summed E-state index contributed by atoms with van der Waals surface area (Å²) in [5.74, 6) is 0.248. The van der Waals surface area contributed by atoms with Gasteiger partial charge in [0.05, 0.1) is 6.61 Å². The monoisotopic (exact) mass is 416 g/mol. The van der Waals surface area contributed by atoms with E-state index >= 15 is 0 Å². The normalized spacial score (nSPS) is 16.9. The Kier molecular flexibility index (Phi) is 6.26. The zero-order valence-electron chi connectivity index (χ0n) is 17.9. The van der Waals surface area contributed by atoms with Gasteiger partial charge in [-0.1, -0.05) is 12.1 Å². The molecule has 0 spiro atoms. The third kappa shape index (κ3) is 4.87. The third-order valence-corrected chi connectivity index (χ3v) is 5.29. The lowest BCUT2D eigenvalue weighted by Gasteiger charge is -2.35. The Morgan fingerprint density at radius 2 is 1.60 bits per heavy atom. The van der Waals surface area contributed by atoms with Crippen LogP contribution in [0.5, 0.6) is 0 Å². The molecule has 0 bridgehead atoms. The number of carbonyl (C=O) groups excluding carboxylic acids is 1. The molecule has 1 aromatic heterocycles. The molecule has 1 amide bonds. The minimum absolute atomic E-state index is 0.157. The molecular formula is C22H29FN4O3. The minimum atomic E-state index is -0.734. The van der Waals surface area contributed by atoms with Gasteiger partial charge in [-0.05, 0) is 45.4 Å². The summed E-state index contributed by atoms with van der Waals surface area (Å²) in [6, 6.07) is 6.08. The third-order valence-electron chi connectivity index (χ3n) is 5.29. The number of nitrogens with zero attached hydrogens (tertiary/aromatic N) is 4. The van der Waals surface area contributed by atoms with Crippen LogP contribution in [0.1, 0.15) is 38.8 Å². The molecule has 162 valence electrons. The second-order valence-electron chi connectivity index (χ2n) is 8.72. The summed E-state index contributed by atoms with van der Waals surface area (Å²) in [6.07, 6.45) is 3.08. The van der Waals surface area contributed by atoms with Crippen LogP contribution in [-0.4, -0.2) is 64.5 Å². The Labute approximate surface area is 176 Å². The van der Waals surface area contributed by atoms with Gasteiger partial charge in [-0.3, -0.25) is 0 Å². The highest BCUT2D eigenvalue weighted by Crippen LogP contribution is 2.31. The topological polar surface area (TPSA) is 78.8 Å². The van der Waals surface area contributed by atoms with Crippen LogP contribution < -0.4 is 4.90 Å². The Morgan fingerprint density at radius 3 is 2.10 bits per heavy atom. The molecule has 1 aliphatic heterocycles. The molecule has 1 unspecified atom stereocenters. The van der Waals surface area contributed by atoms with E-state index in [0.717, 1.165) is 11.1 Å². The van der Waals surface area contributed by atoms with Crippen molar-refractivity contribution in [3.63, 3.8) is 0 Å². The quantitative estimate of drug-likeness (QED) is 0.826. The maximum absolute atomic E-state index is 13.3. The standard InChI is InChI=1S/C22H29FN4O3/c1-21(2,3)30-20(29)27-11-9-26(10-12-27)19-24-13-17(14-25-19)22(4,15-28)16-5-7-18(23)8-6-16/h5-8,13-14,28H,9-12,15H2,1-4H3. The lowest BCUT2D eigenvalue weighted by Crippen LogP contribution is -2.50. The number of piperazine rings is 1. The number of aliphatic hydroxyl groups excluding tert-OH is 1. The molecule has 2 heterocycles. The zero-order chi connectivity index (χ0) is 21.9. The molecule has 1 fully saturated rings. The van der Waals surface area contributed by atoms with E-state index in [2.05, 4.69) is 9.97 Å². The Balaban J connectivity index is 1.67. The fourth-order valence-electron chi connectivity index (χ4n) is 3.35. The van der Waals surface area contributed by atoms with Gasteiger partial charge in [0.15, 0.2) is 0 Å². The van der Waals surface area contributed by atoms with Crippen molar-refractivity contribution >= 4 is 12.0 Å². The summed E-state index contributed by atoms with van der Waals surface area (Å²) >= 11 is 0. The molecule has 0 saturated carbocycles. The number of rotatable bonds is 4. The van der Waals surface area contributed by atoms with E-state index in [4.69, 9.17) is 4.74 Å². The van der Waals surface area contributed by atoms with Gasteiger partial charge in [-0.2, -0.15) is 0 Å². The SMILES string of the molecule is CC(C)(C)OC(=O)N1CCN(c2ncc(C(C)(CO)c3ccc(F)cc3)cn2)CC1. The number of hydrogen-bond acceptors (Lipinski definition) is 6. The van der Waals surface area contributed by atoms with Crippen LogP contribution in [0.2, 0.25) is 0 Å². The Bertz CT molecular complexity index is 859. The van der Waals surface area contributed by atoms with Crippen LogP contribution in [0.3, 0.4) is 0 Å². The molecule has 0 aliphatic carbocycles. The lowest BCUT2D eigenvalue weighted by molar-refractivity contribution is 0.0240. The molecule has 7 nitrogen and oxygen atoms in total. The van der Waals surface area contributed by atoms with Crippen molar-refractivity contribution in [1.29, 1.82) is 0 Å². The Morgan fingerprint density at radius 1 is 1.03 bits per heavy atom. The molecular weight excluding hydrogens is 387 g/mol. The van der Waals surface area contributed by atoms with Crippen LogP contribution in [0.15, 0.2) is 36.7 Å². The summed E-state index contributed by atoms with van der Waals surface area (Å²) in [4.78, 5) is 24.9. The molecule has 1 saturated heterocycles. The highest BCUT2D eigenvalue weighted by molar-refractivity contribution is 5.68. The fourth-order valence-corrected chi connectivity index (χ4v) is 3.35. The molecule has 0 radical (unpaired) electrons. The second kappa shape index (κ2) is 8.55. The van der Waals surface area contributed by atoms with Gasteiger partial charge in [0.25, 0.3) is 0 Å². The maximum Gasteiger partial charge on any atom is 0.410 e. The molecule has 1 atom stereocenters. The summed E-state index contributed by atoms with van der Waals surface area (Å²) in [5, 5.41) is 10.0. The van der Waals surface area contributed by atoms with E-state index in [1.54, 1.807) is 29.4 Å². The summed E-state index contributed by atoms with van der Waals surface area (Å²) in [6.45, 7) is 9.54. The van der Waals surface area contributed by atoms with Crippen LogP contribution in [0, 0.1) is 5.82 Å². The predicted molar refractivity (Wildman–Crippen MR) is 112 cm³/mol. The van der Waals surface area contributed by atoms with Gasteiger partial charge >= 0.3 is 6.09 Å². The van der Waals surface area contributed by atoms with E-state index in [9.17, 15) is 14.3 Å². The molecule has 30 heavy (non-hydrogen) atoms. The first kappa shape index (κ1) is 22.0. The molecule has 8 heteroatoms. The van der Waals surface area contributed by atoms with E-state index in [1.807, 2.05) is 32.6 Å². The van der Waals surface area contributed by atoms with Gasteiger partial charge in [-0.15, -0.1) is 0 Å². The second-order valence-corrected chi connectivity index (χ2v) is 8.72. The first-order chi connectivity index (χ1) is 14.1. The number of aliphatic hydroxyl groups is 1. The minimum Gasteiger partial charge on any atom is -0.444 e. The highest BCUT2D eigenvalue weighted by Gasteiger charge is 2.30. The van der Waals surface area contributed by atoms with E-state index < -0.39 is 11.0 Å². The fraction of sp³-hybridized carbons (Fsp3) is 0.500. The van der Waals surface area contributed by atoms with Gasteiger partial charge in [0.1, 0.15) is 11.4 Å². The van der Waals surface area contributed by atoms with Crippen molar-refractivity contribution < 1.29 is 19.0 Å². The van der Waals surface area contributed by atoms with Crippen LogP contribution >= 0.6 is 0 Å². The average Bonchev–Trinajstić information content (AvgIpc) is 2.73. The lowest BCUT2D eigenvalue weighted by atomic mass is 9.78. The van der Waals surface area contributed by atoms with E-state index in [-0.39, 0.29) is 18.5 Å². The predicted octanol–water partition coefficient (Wildman–Crippen LogP) is 2.97. The van der Waals surface area contributed by atoms with E-state index in [1.165, 1.54) is 12.1 Å². The average molecular weight is 416 g/mol. The molecule has 3 rings (SSSR count). The molecule has 2 aromatic rings.